The van der Waals surface area contributed by atoms with Gasteiger partial charge in [-0.25, -0.2) is 4.68 Å². The summed E-state index contributed by atoms with van der Waals surface area (Å²) in [5.41, 5.74) is 3.45. The molecule has 144 valence electrons. The highest BCUT2D eigenvalue weighted by Gasteiger charge is 2.24. The normalized spacial score (nSPS) is 16.5. The average Bonchev–Trinajstić information content (AvgIpc) is 3.09. The van der Waals surface area contributed by atoms with Gasteiger partial charge in [0.1, 0.15) is 5.82 Å². The molecule has 1 unspecified atom stereocenters. The van der Waals surface area contributed by atoms with Gasteiger partial charge >= 0.3 is 0 Å². The molecular formula is C23H26N4O. The zero-order valence-electron chi connectivity index (χ0n) is 16.6. The van der Waals surface area contributed by atoms with Crippen molar-refractivity contribution in [3.05, 3.63) is 77.1 Å². The first-order chi connectivity index (χ1) is 13.4. The first kappa shape index (κ1) is 18.4. The Morgan fingerprint density at radius 3 is 2.46 bits per heavy atom. The van der Waals surface area contributed by atoms with Crippen LogP contribution >= 0.6 is 0 Å². The molecule has 1 amide bonds. The molecule has 3 aromatic rings. The van der Waals surface area contributed by atoms with Crippen LogP contribution in [-0.2, 0) is 18.4 Å². The van der Waals surface area contributed by atoms with Crippen LogP contribution in [0, 0.1) is 0 Å². The molecule has 4 rings (SSSR count). The van der Waals surface area contributed by atoms with Crippen molar-refractivity contribution >= 4 is 11.9 Å². The highest BCUT2D eigenvalue weighted by Crippen LogP contribution is 2.30. The largest absolute Gasteiger partial charge is 0.289 e. The molecule has 1 atom stereocenters. The van der Waals surface area contributed by atoms with Gasteiger partial charge in [0.15, 0.2) is 0 Å². The zero-order valence-corrected chi connectivity index (χ0v) is 16.6. The summed E-state index contributed by atoms with van der Waals surface area (Å²) in [6.45, 7) is 7.49. The van der Waals surface area contributed by atoms with Crippen LogP contribution in [0.5, 0.6) is 0 Å². The van der Waals surface area contributed by atoms with E-state index < -0.39 is 0 Å². The Morgan fingerprint density at radius 1 is 1.07 bits per heavy atom. The molecule has 1 aliphatic rings. The molecule has 0 fully saturated rings. The van der Waals surface area contributed by atoms with E-state index in [1.807, 2.05) is 22.9 Å². The van der Waals surface area contributed by atoms with Crippen LogP contribution in [0.4, 0.5) is 5.95 Å². The lowest BCUT2D eigenvalue weighted by Crippen LogP contribution is -2.20. The third-order valence-electron chi connectivity index (χ3n) is 5.37. The number of aryl methyl sites for hydroxylation is 1. The fraction of sp³-hybridized carbons (Fsp3) is 0.348. The maximum atomic E-state index is 12.3. The van der Waals surface area contributed by atoms with Crippen LogP contribution in [0.15, 0.2) is 54.6 Å². The van der Waals surface area contributed by atoms with Crippen LogP contribution in [0.3, 0.4) is 0 Å². The summed E-state index contributed by atoms with van der Waals surface area (Å²) in [5.74, 6) is 1.55. The molecule has 0 aliphatic carbocycles. The van der Waals surface area contributed by atoms with Crippen molar-refractivity contribution in [1.29, 1.82) is 0 Å². The van der Waals surface area contributed by atoms with Crippen molar-refractivity contribution in [2.45, 2.75) is 51.5 Å². The highest BCUT2D eigenvalue weighted by atomic mass is 16.1. The average molecular weight is 374 g/mol. The van der Waals surface area contributed by atoms with Gasteiger partial charge in [0, 0.05) is 24.4 Å². The third kappa shape index (κ3) is 3.84. The molecule has 0 saturated heterocycles. The van der Waals surface area contributed by atoms with Gasteiger partial charge in [0.25, 0.3) is 5.91 Å². The summed E-state index contributed by atoms with van der Waals surface area (Å²) >= 11 is 0. The van der Waals surface area contributed by atoms with E-state index in [1.165, 1.54) is 11.1 Å². The van der Waals surface area contributed by atoms with Gasteiger partial charge in [0.05, 0.1) is 0 Å². The smallest absolute Gasteiger partial charge is 0.258 e. The Balaban J connectivity index is 1.47. The standard InChI is InChI=1S/C23H26N4O/c1-23(2,3)19-12-9-16(10-13-19)18-11-14-20-24-22(26-27(20)15-18)25-21(28)17-7-5-4-6-8-17/h4-10,12-13,18H,11,14-15H2,1-3H3,(H,25,26,28). The van der Waals surface area contributed by atoms with Crippen LogP contribution in [-0.4, -0.2) is 20.7 Å². The topological polar surface area (TPSA) is 59.8 Å². The van der Waals surface area contributed by atoms with Crippen LogP contribution < -0.4 is 5.32 Å². The number of amides is 1. The summed E-state index contributed by atoms with van der Waals surface area (Å²) in [4.78, 5) is 16.8. The van der Waals surface area contributed by atoms with Gasteiger partial charge in [-0.2, -0.15) is 4.98 Å². The fourth-order valence-corrected chi connectivity index (χ4v) is 3.65. The number of nitrogens with one attached hydrogen (secondary N) is 1. The van der Waals surface area contributed by atoms with E-state index in [2.05, 4.69) is 60.4 Å². The van der Waals surface area contributed by atoms with Gasteiger partial charge < -0.3 is 0 Å². The number of fused-ring (bicyclic) bond motifs is 1. The second-order valence-corrected chi connectivity index (χ2v) is 8.46. The summed E-state index contributed by atoms with van der Waals surface area (Å²) in [6.07, 6.45) is 1.90. The predicted octanol–water partition coefficient (Wildman–Crippen LogP) is 4.56. The van der Waals surface area contributed by atoms with Crippen LogP contribution in [0.2, 0.25) is 0 Å². The molecule has 2 heterocycles. The quantitative estimate of drug-likeness (QED) is 0.731. The van der Waals surface area contributed by atoms with E-state index >= 15 is 0 Å². The number of carbonyl (C=O) groups excluding carboxylic acids is 1. The minimum absolute atomic E-state index is 0.163. The second kappa shape index (κ2) is 7.23. The number of carbonyl (C=O) groups is 1. The molecule has 0 spiro atoms. The molecule has 0 bridgehead atoms. The van der Waals surface area contributed by atoms with E-state index in [9.17, 15) is 4.79 Å². The lowest BCUT2D eigenvalue weighted by atomic mass is 9.84. The number of rotatable bonds is 3. The number of hydrogen-bond acceptors (Lipinski definition) is 3. The number of aromatic nitrogens is 3. The molecular weight excluding hydrogens is 348 g/mol. The number of benzene rings is 2. The number of hydrogen-bond donors (Lipinski definition) is 1. The van der Waals surface area contributed by atoms with Crippen molar-refractivity contribution < 1.29 is 4.79 Å². The Hall–Kier alpha value is -2.95. The van der Waals surface area contributed by atoms with Crippen molar-refractivity contribution in [3.63, 3.8) is 0 Å². The van der Waals surface area contributed by atoms with Gasteiger partial charge in [-0.05, 0) is 35.1 Å². The monoisotopic (exact) mass is 374 g/mol. The Morgan fingerprint density at radius 2 is 1.79 bits per heavy atom. The SMILES string of the molecule is CC(C)(C)c1ccc(C2CCc3nc(NC(=O)c4ccccc4)nn3C2)cc1. The van der Waals surface area contributed by atoms with Crippen molar-refractivity contribution in [1.82, 2.24) is 14.8 Å². The van der Waals surface area contributed by atoms with E-state index in [4.69, 9.17) is 0 Å². The van der Waals surface area contributed by atoms with E-state index in [0.717, 1.165) is 25.2 Å². The number of nitrogens with zero attached hydrogens (tertiary/aromatic N) is 3. The molecule has 5 heteroatoms. The zero-order chi connectivity index (χ0) is 19.7. The molecule has 28 heavy (non-hydrogen) atoms. The molecule has 1 N–H and O–H groups in total. The van der Waals surface area contributed by atoms with Crippen molar-refractivity contribution in [2.75, 3.05) is 5.32 Å². The molecule has 2 aromatic carbocycles. The minimum atomic E-state index is -0.183. The van der Waals surface area contributed by atoms with Crippen LogP contribution in [0.25, 0.3) is 0 Å². The van der Waals surface area contributed by atoms with E-state index in [-0.39, 0.29) is 11.3 Å². The first-order valence-corrected chi connectivity index (χ1v) is 9.81. The number of anilines is 1. The predicted molar refractivity (Wildman–Crippen MR) is 111 cm³/mol. The Kier molecular flexibility index (Phi) is 4.75. The van der Waals surface area contributed by atoms with Crippen molar-refractivity contribution in [2.24, 2.45) is 0 Å². The summed E-state index contributed by atoms with van der Waals surface area (Å²) in [5, 5.41) is 7.33. The minimum Gasteiger partial charge on any atom is -0.289 e. The van der Waals surface area contributed by atoms with E-state index in [1.54, 1.807) is 12.1 Å². The van der Waals surface area contributed by atoms with E-state index in [0.29, 0.717) is 17.4 Å². The first-order valence-electron chi connectivity index (χ1n) is 9.81. The summed E-state index contributed by atoms with van der Waals surface area (Å²) in [6, 6.07) is 18.1. The Labute approximate surface area is 165 Å². The van der Waals surface area contributed by atoms with Crippen LogP contribution in [0.1, 0.15) is 60.4 Å². The summed E-state index contributed by atoms with van der Waals surface area (Å²) in [7, 11) is 0. The second-order valence-electron chi connectivity index (χ2n) is 8.46. The highest BCUT2D eigenvalue weighted by molar-refractivity contribution is 6.03. The summed E-state index contributed by atoms with van der Waals surface area (Å²) < 4.78 is 1.94. The van der Waals surface area contributed by atoms with Gasteiger partial charge in [-0.1, -0.05) is 63.2 Å². The van der Waals surface area contributed by atoms with Gasteiger partial charge in [-0.15, -0.1) is 5.10 Å². The fourth-order valence-electron chi connectivity index (χ4n) is 3.65. The maximum absolute atomic E-state index is 12.3. The lowest BCUT2D eigenvalue weighted by molar-refractivity contribution is 0.102. The van der Waals surface area contributed by atoms with Gasteiger partial charge in [-0.3, -0.25) is 10.1 Å². The van der Waals surface area contributed by atoms with Crippen molar-refractivity contribution in [3.8, 4) is 0 Å². The maximum Gasteiger partial charge on any atom is 0.258 e. The molecule has 1 aliphatic heterocycles. The molecule has 0 saturated carbocycles. The van der Waals surface area contributed by atoms with Gasteiger partial charge in [0.2, 0.25) is 5.95 Å². The lowest BCUT2D eigenvalue weighted by Gasteiger charge is -2.24. The molecule has 0 radical (unpaired) electrons. The third-order valence-corrected chi connectivity index (χ3v) is 5.37. The Bertz CT molecular complexity index is 968. The molecule has 1 aromatic heterocycles. The molecule has 5 nitrogen and oxygen atoms in total.